The Bertz CT molecular complexity index is 729. The van der Waals surface area contributed by atoms with Gasteiger partial charge in [0, 0.05) is 17.3 Å². The average molecular weight is 276 g/mol. The van der Waals surface area contributed by atoms with E-state index < -0.39 is 6.36 Å². The van der Waals surface area contributed by atoms with Gasteiger partial charge in [-0.05, 0) is 48.5 Å². The molecule has 1 radical (unpaired) electrons. The topological polar surface area (TPSA) is 14.2 Å². The van der Waals surface area contributed by atoms with Gasteiger partial charge in [0.1, 0.15) is 5.75 Å². The van der Waals surface area contributed by atoms with Crippen LogP contribution in [0.25, 0.3) is 16.6 Å². The smallest absolute Gasteiger partial charge is 0.406 e. The molecule has 5 heteroatoms. The van der Waals surface area contributed by atoms with Crippen LogP contribution in [0, 0.1) is 6.07 Å². The van der Waals surface area contributed by atoms with Gasteiger partial charge in [-0.25, -0.2) is 0 Å². The lowest BCUT2D eigenvalue weighted by atomic mass is 10.2. The number of hydrogen-bond donors (Lipinski definition) is 0. The Morgan fingerprint density at radius 2 is 1.75 bits per heavy atom. The summed E-state index contributed by atoms with van der Waals surface area (Å²) in [6.07, 6.45) is -2.81. The summed E-state index contributed by atoms with van der Waals surface area (Å²) in [6, 6.07) is 16.2. The van der Waals surface area contributed by atoms with Crippen LogP contribution in [0.4, 0.5) is 13.2 Å². The van der Waals surface area contributed by atoms with Crippen LogP contribution in [-0.4, -0.2) is 10.9 Å². The number of hydrogen-bond acceptors (Lipinski definition) is 1. The maximum absolute atomic E-state index is 12.1. The zero-order chi connectivity index (χ0) is 14.2. The summed E-state index contributed by atoms with van der Waals surface area (Å²) in [5.74, 6) is -0.231. The van der Waals surface area contributed by atoms with Crippen molar-refractivity contribution in [1.82, 2.24) is 4.57 Å². The molecule has 20 heavy (non-hydrogen) atoms. The van der Waals surface area contributed by atoms with Gasteiger partial charge in [-0.3, -0.25) is 0 Å². The fourth-order valence-electron chi connectivity index (χ4n) is 2.06. The SMILES string of the molecule is FC(F)(F)Oc1ccc(-n2ccc3c[c]ccc32)cc1. The van der Waals surface area contributed by atoms with Gasteiger partial charge in [0.05, 0.1) is 5.52 Å². The van der Waals surface area contributed by atoms with Crippen molar-refractivity contribution in [2.24, 2.45) is 0 Å². The summed E-state index contributed by atoms with van der Waals surface area (Å²) in [5, 5.41) is 1.02. The van der Waals surface area contributed by atoms with E-state index in [9.17, 15) is 13.2 Å². The van der Waals surface area contributed by atoms with E-state index in [0.29, 0.717) is 0 Å². The number of rotatable bonds is 2. The first-order valence-electron chi connectivity index (χ1n) is 5.86. The Kier molecular flexibility index (Phi) is 2.89. The van der Waals surface area contributed by atoms with Gasteiger partial charge in [0.2, 0.25) is 0 Å². The molecule has 0 saturated heterocycles. The molecule has 0 spiro atoms. The van der Waals surface area contributed by atoms with E-state index in [1.165, 1.54) is 12.1 Å². The van der Waals surface area contributed by atoms with Crippen molar-refractivity contribution in [3.05, 3.63) is 60.8 Å². The van der Waals surface area contributed by atoms with Gasteiger partial charge >= 0.3 is 6.36 Å². The van der Waals surface area contributed by atoms with Crippen LogP contribution < -0.4 is 4.74 Å². The molecular formula is C15H9F3NO. The minimum atomic E-state index is -4.67. The molecule has 0 amide bonds. The zero-order valence-corrected chi connectivity index (χ0v) is 10.2. The Balaban J connectivity index is 1.95. The van der Waals surface area contributed by atoms with Crippen LogP contribution in [0.5, 0.6) is 5.75 Å². The fourth-order valence-corrected chi connectivity index (χ4v) is 2.06. The molecule has 0 N–H and O–H groups in total. The molecule has 3 rings (SSSR count). The van der Waals surface area contributed by atoms with E-state index in [1.54, 1.807) is 18.2 Å². The quantitative estimate of drug-likeness (QED) is 0.679. The van der Waals surface area contributed by atoms with E-state index in [1.807, 2.05) is 29.0 Å². The van der Waals surface area contributed by atoms with Crippen LogP contribution in [0.1, 0.15) is 0 Å². The monoisotopic (exact) mass is 276 g/mol. The molecule has 1 heterocycles. The molecule has 1 aromatic heterocycles. The van der Waals surface area contributed by atoms with Crippen LogP contribution in [0.15, 0.2) is 54.7 Å². The van der Waals surface area contributed by atoms with Crippen molar-refractivity contribution in [1.29, 1.82) is 0 Å². The molecule has 2 nitrogen and oxygen atoms in total. The standard InChI is InChI=1S/C15H9F3NO/c16-15(17,18)20-13-7-5-12(6-8-13)19-10-9-11-3-1-2-4-14(11)19/h2-10H. The Hall–Kier alpha value is -2.43. The first-order chi connectivity index (χ1) is 9.53. The second kappa shape index (κ2) is 4.59. The molecule has 101 valence electrons. The van der Waals surface area contributed by atoms with Crippen LogP contribution in [-0.2, 0) is 0 Å². The van der Waals surface area contributed by atoms with E-state index >= 15 is 0 Å². The first-order valence-corrected chi connectivity index (χ1v) is 5.86. The van der Waals surface area contributed by atoms with Crippen molar-refractivity contribution in [2.45, 2.75) is 6.36 Å². The van der Waals surface area contributed by atoms with Crippen molar-refractivity contribution in [3.8, 4) is 11.4 Å². The summed E-state index contributed by atoms with van der Waals surface area (Å²) in [7, 11) is 0. The molecule has 0 aliphatic heterocycles. The van der Waals surface area contributed by atoms with Crippen LogP contribution in [0.2, 0.25) is 0 Å². The van der Waals surface area contributed by atoms with Gasteiger partial charge in [-0.2, -0.15) is 0 Å². The van der Waals surface area contributed by atoms with Gasteiger partial charge in [0.15, 0.2) is 0 Å². The largest absolute Gasteiger partial charge is 0.573 e. The van der Waals surface area contributed by atoms with Crippen molar-refractivity contribution in [2.75, 3.05) is 0 Å². The zero-order valence-electron chi connectivity index (χ0n) is 10.2. The van der Waals surface area contributed by atoms with E-state index in [-0.39, 0.29) is 5.75 Å². The third-order valence-corrected chi connectivity index (χ3v) is 2.88. The van der Waals surface area contributed by atoms with E-state index in [4.69, 9.17) is 0 Å². The predicted octanol–water partition coefficient (Wildman–Crippen LogP) is 4.33. The molecular weight excluding hydrogens is 267 g/mol. The number of fused-ring (bicyclic) bond motifs is 1. The summed E-state index contributed by atoms with van der Waals surface area (Å²) in [5.41, 5.74) is 1.73. The summed E-state index contributed by atoms with van der Waals surface area (Å²) in [4.78, 5) is 0. The van der Waals surface area contributed by atoms with Crippen molar-refractivity contribution < 1.29 is 17.9 Å². The highest BCUT2D eigenvalue weighted by Gasteiger charge is 2.30. The van der Waals surface area contributed by atoms with Gasteiger partial charge in [-0.15, -0.1) is 13.2 Å². The lowest BCUT2D eigenvalue weighted by Gasteiger charge is -2.10. The number of benzene rings is 2. The number of alkyl halides is 3. The average Bonchev–Trinajstić information content (AvgIpc) is 2.82. The number of ether oxygens (including phenoxy) is 1. The highest BCUT2D eigenvalue weighted by molar-refractivity contribution is 5.81. The molecule has 0 aliphatic rings. The van der Waals surface area contributed by atoms with Gasteiger partial charge in [0.25, 0.3) is 0 Å². The Morgan fingerprint density at radius 3 is 2.45 bits per heavy atom. The van der Waals surface area contributed by atoms with Crippen LogP contribution >= 0.6 is 0 Å². The highest BCUT2D eigenvalue weighted by atomic mass is 19.4. The molecule has 0 atom stereocenters. The third kappa shape index (κ3) is 2.47. The molecule has 0 fully saturated rings. The maximum Gasteiger partial charge on any atom is 0.573 e. The molecule has 0 saturated carbocycles. The molecule has 0 unspecified atom stereocenters. The number of nitrogens with zero attached hydrogens (tertiary/aromatic N) is 1. The molecule has 0 bridgehead atoms. The maximum atomic E-state index is 12.1. The lowest BCUT2D eigenvalue weighted by Crippen LogP contribution is -2.17. The van der Waals surface area contributed by atoms with E-state index in [2.05, 4.69) is 10.8 Å². The first kappa shape index (κ1) is 12.6. The Morgan fingerprint density at radius 1 is 1.00 bits per heavy atom. The van der Waals surface area contributed by atoms with Gasteiger partial charge < -0.3 is 9.30 Å². The summed E-state index contributed by atoms with van der Waals surface area (Å²) >= 11 is 0. The molecule has 0 aliphatic carbocycles. The molecule has 2 aromatic carbocycles. The fraction of sp³-hybridized carbons (Fsp3) is 0.0667. The van der Waals surface area contributed by atoms with Crippen molar-refractivity contribution in [3.63, 3.8) is 0 Å². The van der Waals surface area contributed by atoms with E-state index in [0.717, 1.165) is 16.6 Å². The minimum Gasteiger partial charge on any atom is -0.406 e. The second-order valence-corrected chi connectivity index (χ2v) is 4.21. The highest BCUT2D eigenvalue weighted by Crippen LogP contribution is 2.25. The summed E-state index contributed by atoms with van der Waals surface area (Å²) in [6.45, 7) is 0. The Labute approximate surface area is 113 Å². The van der Waals surface area contributed by atoms with Gasteiger partial charge in [-0.1, -0.05) is 6.07 Å². The second-order valence-electron chi connectivity index (χ2n) is 4.21. The van der Waals surface area contributed by atoms with Crippen LogP contribution in [0.3, 0.4) is 0 Å². The van der Waals surface area contributed by atoms with Crippen molar-refractivity contribution >= 4 is 10.9 Å². The molecule has 3 aromatic rings. The number of aromatic nitrogens is 1. The number of halogens is 3. The predicted molar refractivity (Wildman–Crippen MR) is 68.8 cm³/mol. The minimum absolute atomic E-state index is 0.231. The third-order valence-electron chi connectivity index (χ3n) is 2.88. The normalized spacial score (nSPS) is 11.8. The summed E-state index contributed by atoms with van der Waals surface area (Å²) < 4.78 is 42.0. The lowest BCUT2D eigenvalue weighted by molar-refractivity contribution is -0.274.